The van der Waals surface area contributed by atoms with E-state index in [9.17, 15) is 15.3 Å². The van der Waals surface area contributed by atoms with Gasteiger partial charge in [-0.1, -0.05) is 0 Å². The first-order chi connectivity index (χ1) is 6.97. The predicted molar refractivity (Wildman–Crippen MR) is 49.6 cm³/mol. The summed E-state index contributed by atoms with van der Waals surface area (Å²) in [6.45, 7) is -0.524. The van der Waals surface area contributed by atoms with E-state index in [2.05, 4.69) is 4.99 Å². The maximum Gasteiger partial charge on any atom is 0.186 e. The van der Waals surface area contributed by atoms with Crippen LogP contribution in [-0.2, 0) is 4.74 Å². The van der Waals surface area contributed by atoms with Gasteiger partial charge in [0.1, 0.15) is 24.4 Å². The minimum atomic E-state index is -1.47. The van der Waals surface area contributed by atoms with E-state index in [0.29, 0.717) is 0 Å². The molecule has 0 aliphatic carbocycles. The van der Waals surface area contributed by atoms with Crippen molar-refractivity contribution < 1.29 is 25.2 Å². The van der Waals surface area contributed by atoms with Gasteiger partial charge in [0, 0.05) is 0 Å². The van der Waals surface area contributed by atoms with Gasteiger partial charge < -0.3 is 36.6 Å². The highest BCUT2D eigenvalue weighted by molar-refractivity contribution is 5.75. The number of hydrogen-bond donors (Lipinski definition) is 6. The average Bonchev–Trinajstić information content (AvgIpc) is 2.18. The average molecular weight is 221 g/mol. The van der Waals surface area contributed by atoms with Crippen LogP contribution >= 0.6 is 0 Å². The molecule has 0 spiro atoms. The lowest BCUT2D eigenvalue weighted by molar-refractivity contribution is -0.248. The van der Waals surface area contributed by atoms with Crippen LogP contribution in [0, 0.1) is 0 Å². The molecule has 0 aromatic rings. The smallest absolute Gasteiger partial charge is 0.186 e. The Morgan fingerprint density at radius 1 is 1.20 bits per heavy atom. The Morgan fingerprint density at radius 2 is 1.80 bits per heavy atom. The van der Waals surface area contributed by atoms with Crippen molar-refractivity contribution in [3.8, 4) is 0 Å². The number of guanidine groups is 1. The monoisotopic (exact) mass is 221 g/mol. The van der Waals surface area contributed by atoms with Gasteiger partial charge in [0.05, 0.1) is 6.61 Å². The molecular formula is C7H15N3O5. The number of ether oxygens (including phenoxy) is 1. The van der Waals surface area contributed by atoms with Gasteiger partial charge in [-0.25, -0.2) is 4.99 Å². The van der Waals surface area contributed by atoms with Crippen LogP contribution in [0.2, 0.25) is 0 Å². The van der Waals surface area contributed by atoms with Gasteiger partial charge in [0.25, 0.3) is 0 Å². The largest absolute Gasteiger partial charge is 0.394 e. The summed E-state index contributed by atoms with van der Waals surface area (Å²) in [7, 11) is 0. The van der Waals surface area contributed by atoms with Crippen LogP contribution in [-0.4, -0.2) is 63.6 Å². The Kier molecular flexibility index (Phi) is 3.83. The fourth-order valence-electron chi connectivity index (χ4n) is 1.39. The molecule has 1 fully saturated rings. The van der Waals surface area contributed by atoms with E-state index < -0.39 is 37.3 Å². The van der Waals surface area contributed by atoms with E-state index in [-0.39, 0.29) is 5.96 Å². The van der Waals surface area contributed by atoms with Gasteiger partial charge in [-0.15, -0.1) is 0 Å². The fraction of sp³-hybridized carbons (Fsp3) is 0.857. The van der Waals surface area contributed by atoms with Crippen molar-refractivity contribution in [2.24, 2.45) is 16.5 Å². The maximum atomic E-state index is 9.54. The topological polar surface area (TPSA) is 155 Å². The standard InChI is InChI=1S/C7H15N3O5/c8-7(9)10-3-5(13)4(12)2(1-11)15-6(3)14/h2-6,11-14H,1H2,(H4,8,9,10)/t2-,3-,4-,5-,6-/m1/s1. The summed E-state index contributed by atoms with van der Waals surface area (Å²) in [5.74, 6) is -0.337. The summed E-state index contributed by atoms with van der Waals surface area (Å²) in [5.41, 5.74) is 10.2. The van der Waals surface area contributed by atoms with Crippen LogP contribution in [0.15, 0.2) is 4.99 Å². The molecule has 1 rings (SSSR count). The molecule has 0 aromatic carbocycles. The predicted octanol–water partition coefficient (Wildman–Crippen LogP) is -3.94. The highest BCUT2D eigenvalue weighted by Crippen LogP contribution is 2.21. The highest BCUT2D eigenvalue weighted by atomic mass is 16.6. The Labute approximate surface area is 85.8 Å². The second kappa shape index (κ2) is 4.73. The molecule has 0 aromatic heterocycles. The molecule has 15 heavy (non-hydrogen) atoms. The quantitative estimate of drug-likeness (QED) is 0.205. The van der Waals surface area contributed by atoms with Crippen molar-refractivity contribution in [1.29, 1.82) is 0 Å². The number of aliphatic imine (C=N–C) groups is 1. The second-order valence-corrected chi connectivity index (χ2v) is 3.27. The van der Waals surface area contributed by atoms with E-state index in [4.69, 9.17) is 21.3 Å². The maximum absolute atomic E-state index is 9.54. The zero-order chi connectivity index (χ0) is 11.6. The lowest BCUT2D eigenvalue weighted by Gasteiger charge is -2.38. The lowest BCUT2D eigenvalue weighted by atomic mass is 9.98. The van der Waals surface area contributed by atoms with Gasteiger partial charge in [-0.05, 0) is 0 Å². The first kappa shape index (κ1) is 12.1. The summed E-state index contributed by atoms with van der Waals surface area (Å²) in [4.78, 5) is 3.52. The molecule has 8 nitrogen and oxygen atoms in total. The zero-order valence-corrected chi connectivity index (χ0v) is 7.89. The third-order valence-electron chi connectivity index (χ3n) is 2.17. The van der Waals surface area contributed by atoms with Gasteiger partial charge >= 0.3 is 0 Å². The summed E-state index contributed by atoms with van der Waals surface area (Å²) >= 11 is 0. The third-order valence-corrected chi connectivity index (χ3v) is 2.17. The summed E-state index contributed by atoms with van der Waals surface area (Å²) in [5, 5.41) is 37.1. The number of aliphatic hydroxyl groups is 4. The molecule has 8 N–H and O–H groups in total. The normalized spacial score (nSPS) is 41.2. The van der Waals surface area contributed by atoms with Crippen LogP contribution in [0.1, 0.15) is 0 Å². The minimum Gasteiger partial charge on any atom is -0.394 e. The van der Waals surface area contributed by atoms with E-state index in [1.807, 2.05) is 0 Å². The van der Waals surface area contributed by atoms with E-state index in [1.165, 1.54) is 0 Å². The Bertz CT molecular complexity index is 245. The van der Waals surface area contributed by atoms with Crippen molar-refractivity contribution in [1.82, 2.24) is 0 Å². The minimum absolute atomic E-state index is 0.337. The molecular weight excluding hydrogens is 206 g/mol. The van der Waals surface area contributed by atoms with Crippen molar-refractivity contribution in [3.05, 3.63) is 0 Å². The third kappa shape index (κ3) is 2.55. The second-order valence-electron chi connectivity index (χ2n) is 3.27. The number of nitrogens with two attached hydrogens (primary N) is 2. The number of hydrogen-bond acceptors (Lipinski definition) is 6. The Morgan fingerprint density at radius 3 is 2.27 bits per heavy atom. The molecule has 1 aliphatic heterocycles. The van der Waals surface area contributed by atoms with Crippen LogP contribution < -0.4 is 11.5 Å². The van der Waals surface area contributed by atoms with Gasteiger partial charge in [-0.3, -0.25) is 0 Å². The zero-order valence-electron chi connectivity index (χ0n) is 7.89. The number of aliphatic hydroxyl groups excluding tert-OH is 4. The Hall–Kier alpha value is -0.930. The lowest BCUT2D eigenvalue weighted by Crippen LogP contribution is -2.58. The van der Waals surface area contributed by atoms with Crippen molar-refractivity contribution >= 4 is 5.96 Å². The van der Waals surface area contributed by atoms with E-state index >= 15 is 0 Å². The van der Waals surface area contributed by atoms with Crippen LogP contribution in [0.3, 0.4) is 0 Å². The summed E-state index contributed by atoms with van der Waals surface area (Å²) in [6, 6.07) is -1.16. The number of rotatable bonds is 2. The molecule has 88 valence electrons. The van der Waals surface area contributed by atoms with E-state index in [0.717, 1.165) is 0 Å². The molecule has 0 amide bonds. The highest BCUT2D eigenvalue weighted by Gasteiger charge is 2.43. The SMILES string of the molecule is NC(N)=N[C@@H]1[C@@H](O)[C@H](O)[C@@H](CO)O[C@H]1O. The number of nitrogens with zero attached hydrogens (tertiary/aromatic N) is 1. The van der Waals surface area contributed by atoms with Gasteiger partial charge in [-0.2, -0.15) is 0 Å². The fourth-order valence-corrected chi connectivity index (χ4v) is 1.39. The molecule has 0 saturated carbocycles. The molecule has 0 unspecified atom stereocenters. The molecule has 5 atom stereocenters. The molecule has 1 saturated heterocycles. The van der Waals surface area contributed by atoms with Crippen molar-refractivity contribution in [2.75, 3.05) is 6.61 Å². The van der Waals surface area contributed by atoms with E-state index in [1.54, 1.807) is 0 Å². The van der Waals surface area contributed by atoms with Crippen LogP contribution in [0.4, 0.5) is 0 Å². The molecule has 8 heteroatoms. The molecule has 0 radical (unpaired) electrons. The molecule has 1 aliphatic rings. The van der Waals surface area contributed by atoms with Crippen molar-refractivity contribution in [2.45, 2.75) is 30.6 Å². The Balaban J connectivity index is 2.79. The van der Waals surface area contributed by atoms with Crippen LogP contribution in [0.5, 0.6) is 0 Å². The first-order valence-corrected chi connectivity index (χ1v) is 4.36. The van der Waals surface area contributed by atoms with Gasteiger partial charge in [0.15, 0.2) is 12.2 Å². The van der Waals surface area contributed by atoms with Gasteiger partial charge in [0.2, 0.25) is 0 Å². The van der Waals surface area contributed by atoms with Crippen LogP contribution in [0.25, 0.3) is 0 Å². The molecule has 1 heterocycles. The molecule has 0 bridgehead atoms. The summed E-state index contributed by atoms with van der Waals surface area (Å²) < 4.78 is 4.81. The van der Waals surface area contributed by atoms with Crippen molar-refractivity contribution in [3.63, 3.8) is 0 Å². The first-order valence-electron chi connectivity index (χ1n) is 4.36. The summed E-state index contributed by atoms with van der Waals surface area (Å²) in [6.07, 6.45) is -5.28.